The van der Waals surface area contributed by atoms with Gasteiger partial charge in [0.15, 0.2) is 23.1 Å². The number of ether oxygens (including phenoxy) is 6. The van der Waals surface area contributed by atoms with Crippen LogP contribution in [0.4, 0.5) is 0 Å². The Labute approximate surface area is 249 Å². The number of fused-ring (bicyclic) bond motifs is 1. The predicted molar refractivity (Wildman–Crippen MR) is 148 cm³/mol. The number of aliphatic hydroxyl groups excluding tert-OH is 6. The highest BCUT2D eigenvalue weighted by molar-refractivity contribution is 5.89. The molecule has 2 saturated heterocycles. The second-order valence-corrected chi connectivity index (χ2v) is 10.5. The summed E-state index contributed by atoms with van der Waals surface area (Å²) in [6.45, 7) is 0.943. The van der Waals surface area contributed by atoms with Crippen molar-refractivity contribution in [3.63, 3.8) is 0 Å². The lowest BCUT2D eigenvalue weighted by Crippen LogP contribution is -2.61. The van der Waals surface area contributed by atoms with Crippen molar-refractivity contribution >= 4 is 11.0 Å². The Morgan fingerprint density at radius 3 is 2.11 bits per heavy atom. The fourth-order valence-corrected chi connectivity index (χ4v) is 5.03. The Morgan fingerprint density at radius 2 is 1.45 bits per heavy atom. The summed E-state index contributed by atoms with van der Waals surface area (Å²) in [7, 11) is 2.73. The molecular weight excluding hydrogens is 588 g/mol. The van der Waals surface area contributed by atoms with Gasteiger partial charge < -0.3 is 68.6 Å². The van der Waals surface area contributed by atoms with E-state index in [1.54, 1.807) is 24.3 Å². The van der Waals surface area contributed by atoms with E-state index in [2.05, 4.69) is 0 Å². The van der Waals surface area contributed by atoms with Gasteiger partial charge in [-0.15, -0.1) is 0 Å². The van der Waals surface area contributed by atoms with Crippen LogP contribution in [0.25, 0.3) is 22.3 Å². The molecular formula is C29H34O15. The van der Waals surface area contributed by atoms with Crippen molar-refractivity contribution in [1.29, 1.82) is 0 Å². The zero-order valence-corrected chi connectivity index (χ0v) is 23.8. The monoisotopic (exact) mass is 622 g/mol. The van der Waals surface area contributed by atoms with Crippen LogP contribution in [0.5, 0.6) is 23.0 Å². The first-order valence-electron chi connectivity index (χ1n) is 13.6. The van der Waals surface area contributed by atoms with Gasteiger partial charge in [-0.05, 0) is 37.3 Å². The summed E-state index contributed by atoms with van der Waals surface area (Å²) in [6, 6.07) is 9.12. The van der Waals surface area contributed by atoms with Crippen molar-refractivity contribution in [3.8, 4) is 34.3 Å². The Morgan fingerprint density at radius 1 is 0.795 bits per heavy atom. The molecule has 15 nitrogen and oxygen atoms in total. The summed E-state index contributed by atoms with van der Waals surface area (Å²) >= 11 is 0. The van der Waals surface area contributed by atoms with Crippen LogP contribution < -0.4 is 19.6 Å². The molecule has 10 atom stereocenters. The number of rotatable bonds is 8. The molecule has 0 amide bonds. The number of aliphatic hydroxyl groups is 6. The maximum atomic E-state index is 13.1. The van der Waals surface area contributed by atoms with Crippen LogP contribution in [-0.4, -0.2) is 118 Å². The second kappa shape index (κ2) is 12.8. The topological polar surface area (TPSA) is 227 Å². The Hall–Kier alpha value is -3.51. The van der Waals surface area contributed by atoms with Gasteiger partial charge in [-0.1, -0.05) is 0 Å². The van der Waals surface area contributed by atoms with E-state index in [0.29, 0.717) is 11.3 Å². The SMILES string of the molecule is COc1ccc(-c2cc(=O)c3cc(O[C@@H]4O[C@H](CO[C@@H]5O[C@H](C)[C@@H](O)[C@@H](O)[C@H]5O)[C@@H](O)[C@@H](O)[C@H]4O)c(OC)c(O)c3o2)cc1. The smallest absolute Gasteiger partial charge is 0.229 e. The van der Waals surface area contributed by atoms with Gasteiger partial charge in [0.05, 0.1) is 32.3 Å². The van der Waals surface area contributed by atoms with Gasteiger partial charge in [0, 0.05) is 11.6 Å². The average molecular weight is 623 g/mol. The van der Waals surface area contributed by atoms with E-state index >= 15 is 0 Å². The van der Waals surface area contributed by atoms with Gasteiger partial charge in [-0.3, -0.25) is 4.79 Å². The fraction of sp³-hybridized carbons (Fsp3) is 0.483. The van der Waals surface area contributed by atoms with E-state index in [1.165, 1.54) is 33.3 Å². The first kappa shape index (κ1) is 31.9. The third-order valence-corrected chi connectivity index (χ3v) is 7.64. The van der Waals surface area contributed by atoms with E-state index in [0.717, 1.165) is 0 Å². The maximum absolute atomic E-state index is 13.1. The lowest BCUT2D eigenvalue weighted by Gasteiger charge is -2.42. The third kappa shape index (κ3) is 5.93. The van der Waals surface area contributed by atoms with Crippen LogP contribution >= 0.6 is 0 Å². The molecule has 0 saturated carbocycles. The minimum absolute atomic E-state index is 0.0976. The number of aromatic hydroxyl groups is 1. The second-order valence-electron chi connectivity index (χ2n) is 10.5. The van der Waals surface area contributed by atoms with E-state index in [-0.39, 0.29) is 28.2 Å². The number of benzene rings is 2. The van der Waals surface area contributed by atoms with Gasteiger partial charge in [0.25, 0.3) is 0 Å². The number of phenolic OH excluding ortho intramolecular Hbond substituents is 1. The van der Waals surface area contributed by atoms with Crippen LogP contribution in [0, 0.1) is 0 Å². The van der Waals surface area contributed by atoms with Gasteiger partial charge in [0.1, 0.15) is 54.2 Å². The molecule has 0 aliphatic carbocycles. The zero-order chi connectivity index (χ0) is 31.9. The molecule has 44 heavy (non-hydrogen) atoms. The first-order chi connectivity index (χ1) is 20.9. The molecule has 2 aromatic carbocycles. The highest BCUT2D eigenvalue weighted by atomic mass is 16.7. The summed E-state index contributed by atoms with van der Waals surface area (Å²) in [4.78, 5) is 13.1. The largest absolute Gasteiger partial charge is 0.502 e. The Bertz CT molecular complexity index is 1510. The van der Waals surface area contributed by atoms with E-state index in [4.69, 9.17) is 32.8 Å². The molecule has 7 N–H and O–H groups in total. The lowest BCUT2D eigenvalue weighted by molar-refractivity contribution is -0.318. The van der Waals surface area contributed by atoms with Crippen LogP contribution in [0.3, 0.4) is 0 Å². The molecule has 3 heterocycles. The molecule has 2 fully saturated rings. The molecule has 5 rings (SSSR count). The highest BCUT2D eigenvalue weighted by Crippen LogP contribution is 2.44. The molecule has 0 bridgehead atoms. The summed E-state index contributed by atoms with van der Waals surface area (Å²) < 4.78 is 38.5. The molecule has 0 radical (unpaired) electrons. The number of hydrogen-bond donors (Lipinski definition) is 7. The first-order valence-corrected chi connectivity index (χ1v) is 13.6. The van der Waals surface area contributed by atoms with Crippen LogP contribution in [0.15, 0.2) is 45.6 Å². The predicted octanol–water partition coefficient (Wildman–Crippen LogP) is -0.787. The van der Waals surface area contributed by atoms with E-state index in [1.807, 2.05) is 0 Å². The van der Waals surface area contributed by atoms with Crippen molar-refractivity contribution in [2.24, 2.45) is 0 Å². The lowest BCUT2D eigenvalue weighted by atomic mass is 9.98. The van der Waals surface area contributed by atoms with Crippen molar-refractivity contribution in [3.05, 3.63) is 46.6 Å². The van der Waals surface area contributed by atoms with Crippen molar-refractivity contribution < 1.29 is 68.6 Å². The third-order valence-electron chi connectivity index (χ3n) is 7.64. The van der Waals surface area contributed by atoms with Crippen LogP contribution in [0.2, 0.25) is 0 Å². The normalized spacial score (nSPS) is 32.4. The quantitative estimate of drug-likeness (QED) is 0.163. The maximum Gasteiger partial charge on any atom is 0.229 e. The van der Waals surface area contributed by atoms with Gasteiger partial charge in [0.2, 0.25) is 17.8 Å². The van der Waals surface area contributed by atoms with Crippen molar-refractivity contribution in [2.75, 3.05) is 20.8 Å². The van der Waals surface area contributed by atoms with E-state index in [9.17, 15) is 40.5 Å². The standard InChI is InChI=1S/C29H34O15/c1-11-19(31)21(33)23(35)28(41-11)40-10-18-20(32)22(34)24(36)29(44-18)43-17-8-14-15(30)9-16(12-4-6-13(38-2)7-5-12)42-26(14)25(37)27(17)39-3/h4-9,11,18-24,28-29,31-37H,10H2,1-3H3/t11-,18-,19-,20-,21-,22-,23-,24-,28-,29-/m1/s1. The average Bonchev–Trinajstić information content (AvgIpc) is 3.02. The summed E-state index contributed by atoms with van der Waals surface area (Å²) in [6.07, 6.45) is -15.2. The molecule has 15 heteroatoms. The highest BCUT2D eigenvalue weighted by Gasteiger charge is 2.47. The summed E-state index contributed by atoms with van der Waals surface area (Å²) in [5, 5.41) is 72.7. The van der Waals surface area contributed by atoms with Crippen LogP contribution in [-0.2, 0) is 14.2 Å². The molecule has 240 valence electrons. The van der Waals surface area contributed by atoms with Gasteiger partial charge in [-0.25, -0.2) is 0 Å². The molecule has 0 spiro atoms. The fourth-order valence-electron chi connectivity index (χ4n) is 5.03. The Kier molecular flexibility index (Phi) is 9.31. The zero-order valence-electron chi connectivity index (χ0n) is 23.8. The molecule has 3 aromatic rings. The number of phenols is 1. The van der Waals surface area contributed by atoms with Gasteiger partial charge in [-0.2, -0.15) is 0 Å². The van der Waals surface area contributed by atoms with Crippen LogP contribution in [0.1, 0.15) is 6.92 Å². The number of hydrogen-bond acceptors (Lipinski definition) is 15. The summed E-state index contributed by atoms with van der Waals surface area (Å²) in [5.41, 5.74) is -0.208. The van der Waals surface area contributed by atoms with Crippen molar-refractivity contribution in [2.45, 2.75) is 68.3 Å². The van der Waals surface area contributed by atoms with E-state index < -0.39 is 79.2 Å². The number of methoxy groups -OCH3 is 2. The minimum Gasteiger partial charge on any atom is -0.502 e. The molecule has 1 aromatic heterocycles. The molecule has 2 aliphatic heterocycles. The summed E-state index contributed by atoms with van der Waals surface area (Å²) in [5.74, 6) is -0.375. The molecule has 0 unspecified atom stereocenters. The molecule has 2 aliphatic rings. The Balaban J connectivity index is 1.39. The van der Waals surface area contributed by atoms with Gasteiger partial charge >= 0.3 is 0 Å². The van der Waals surface area contributed by atoms with Crippen molar-refractivity contribution in [1.82, 2.24) is 0 Å². The minimum atomic E-state index is -1.81.